The minimum absolute atomic E-state index is 0.0483. The number of rotatable bonds is 7. The summed E-state index contributed by atoms with van der Waals surface area (Å²) in [6, 6.07) is 4.33. The van der Waals surface area contributed by atoms with Crippen LogP contribution in [0.4, 0.5) is 10.1 Å². The van der Waals surface area contributed by atoms with Crippen LogP contribution >= 0.6 is 0 Å². The highest BCUT2D eigenvalue weighted by Gasteiger charge is 2.57. The first-order valence-electron chi connectivity index (χ1n) is 11.8. The second-order valence-corrected chi connectivity index (χ2v) is 10.3. The van der Waals surface area contributed by atoms with Crippen molar-refractivity contribution in [3.63, 3.8) is 0 Å². The number of hydrogen-bond donors (Lipinski definition) is 0. The van der Waals surface area contributed by atoms with Crippen molar-refractivity contribution in [1.82, 2.24) is 4.90 Å². The van der Waals surface area contributed by atoms with Crippen molar-refractivity contribution in [3.05, 3.63) is 30.1 Å². The number of halogens is 1. The molecule has 1 aliphatic heterocycles. The van der Waals surface area contributed by atoms with Crippen molar-refractivity contribution in [2.24, 2.45) is 23.2 Å². The van der Waals surface area contributed by atoms with E-state index in [9.17, 15) is 18.8 Å². The summed E-state index contributed by atoms with van der Waals surface area (Å²) >= 11 is 0. The lowest BCUT2D eigenvalue weighted by molar-refractivity contribution is -0.172. The van der Waals surface area contributed by atoms with E-state index in [0.717, 1.165) is 24.2 Å². The third-order valence-corrected chi connectivity index (χ3v) is 8.21. The molecular formula is C25H31FN2O5. The third-order valence-electron chi connectivity index (χ3n) is 8.21. The van der Waals surface area contributed by atoms with E-state index in [1.165, 1.54) is 57.7 Å². The Morgan fingerprint density at radius 3 is 2.12 bits per heavy atom. The lowest BCUT2D eigenvalue weighted by Gasteiger charge is -2.57. The zero-order valence-electron chi connectivity index (χ0n) is 19.2. The maximum Gasteiger partial charge on any atom is 0.257 e. The Morgan fingerprint density at radius 1 is 1.06 bits per heavy atom. The van der Waals surface area contributed by atoms with Crippen LogP contribution in [0.15, 0.2) is 24.3 Å². The molecule has 1 aromatic rings. The highest BCUT2D eigenvalue weighted by Crippen LogP contribution is 2.60. The maximum atomic E-state index is 14.2. The third kappa shape index (κ3) is 3.87. The average Bonchev–Trinajstić information content (AvgIpc) is 3.08. The molecule has 3 amide bonds. The largest absolute Gasteiger partial charge is 0.354 e. The van der Waals surface area contributed by atoms with Gasteiger partial charge in [0.15, 0.2) is 6.29 Å². The van der Waals surface area contributed by atoms with Gasteiger partial charge in [-0.15, -0.1) is 0 Å². The summed E-state index contributed by atoms with van der Waals surface area (Å²) < 4.78 is 24.1. The van der Waals surface area contributed by atoms with E-state index in [4.69, 9.17) is 9.47 Å². The second-order valence-electron chi connectivity index (χ2n) is 10.3. The van der Waals surface area contributed by atoms with E-state index in [0.29, 0.717) is 23.4 Å². The molecule has 1 saturated heterocycles. The van der Waals surface area contributed by atoms with Crippen LogP contribution in [-0.4, -0.2) is 55.7 Å². The Bertz CT molecular complexity index is 909. The van der Waals surface area contributed by atoms with Gasteiger partial charge >= 0.3 is 0 Å². The molecule has 0 radical (unpaired) electrons. The lowest BCUT2D eigenvalue weighted by Crippen LogP contribution is -2.59. The second kappa shape index (κ2) is 8.47. The minimum atomic E-state index is -0.921. The Morgan fingerprint density at radius 2 is 1.61 bits per heavy atom. The number of ether oxygens (including phenoxy) is 2. The van der Waals surface area contributed by atoms with Crippen molar-refractivity contribution < 1.29 is 28.2 Å². The summed E-state index contributed by atoms with van der Waals surface area (Å²) in [7, 11) is 2.99. The molecule has 33 heavy (non-hydrogen) atoms. The highest BCUT2D eigenvalue weighted by molar-refractivity contribution is 6.23. The number of methoxy groups -OCH3 is 2. The molecule has 1 aromatic carbocycles. The number of anilines is 1. The van der Waals surface area contributed by atoms with Crippen LogP contribution in [0, 0.1) is 29.0 Å². The highest BCUT2D eigenvalue weighted by atomic mass is 19.1. The number of carbonyl (C=O) groups is 3. The van der Waals surface area contributed by atoms with Crippen LogP contribution in [-0.2, 0) is 23.9 Å². The summed E-state index contributed by atoms with van der Waals surface area (Å²) in [6.07, 6.45) is 5.36. The quantitative estimate of drug-likeness (QED) is 0.464. The van der Waals surface area contributed by atoms with Crippen LogP contribution in [0.25, 0.3) is 0 Å². The van der Waals surface area contributed by atoms with Gasteiger partial charge in [0, 0.05) is 14.2 Å². The van der Waals surface area contributed by atoms with Crippen LogP contribution in [0.2, 0.25) is 0 Å². The van der Waals surface area contributed by atoms with Crippen molar-refractivity contribution in [3.8, 4) is 0 Å². The van der Waals surface area contributed by atoms with Gasteiger partial charge < -0.3 is 14.4 Å². The van der Waals surface area contributed by atoms with Gasteiger partial charge in [0.2, 0.25) is 11.8 Å². The van der Waals surface area contributed by atoms with Crippen LogP contribution < -0.4 is 4.90 Å². The lowest BCUT2D eigenvalue weighted by atomic mass is 9.49. The van der Waals surface area contributed by atoms with Crippen molar-refractivity contribution in [2.45, 2.75) is 57.3 Å². The van der Waals surface area contributed by atoms with Crippen molar-refractivity contribution in [1.29, 1.82) is 0 Å². The molecule has 4 saturated carbocycles. The molecule has 1 atom stereocenters. The SMILES string of the molecule is COC(CN(C(=O)C12CC3CC(CC(C3)C1)C2)C1CC(=O)N(c2ccc(F)cc2)C1=O)OC. The van der Waals surface area contributed by atoms with Crippen LogP contribution in [0.3, 0.4) is 0 Å². The molecule has 0 aromatic heterocycles. The molecule has 7 nitrogen and oxygen atoms in total. The van der Waals surface area contributed by atoms with Gasteiger partial charge in [-0.3, -0.25) is 14.4 Å². The van der Waals surface area contributed by atoms with E-state index in [-0.39, 0.29) is 18.9 Å². The molecule has 4 bridgehead atoms. The Kier molecular flexibility index (Phi) is 5.77. The van der Waals surface area contributed by atoms with Gasteiger partial charge in [-0.1, -0.05) is 0 Å². The number of nitrogens with zero attached hydrogens (tertiary/aromatic N) is 2. The summed E-state index contributed by atoms with van der Waals surface area (Å²) in [5.74, 6) is 0.351. The molecule has 5 aliphatic rings. The van der Waals surface area contributed by atoms with E-state index in [2.05, 4.69) is 0 Å². The fraction of sp³-hybridized carbons (Fsp3) is 0.640. The van der Waals surface area contributed by atoms with E-state index in [1.54, 1.807) is 4.90 Å². The predicted octanol–water partition coefficient (Wildman–Crippen LogP) is 3.12. The van der Waals surface area contributed by atoms with E-state index in [1.807, 2.05) is 0 Å². The first-order valence-corrected chi connectivity index (χ1v) is 11.8. The zero-order chi connectivity index (χ0) is 23.3. The molecule has 1 heterocycles. The zero-order valence-corrected chi connectivity index (χ0v) is 19.2. The fourth-order valence-corrected chi connectivity index (χ4v) is 7.16. The molecule has 4 aliphatic carbocycles. The van der Waals surface area contributed by atoms with Crippen LogP contribution in [0.1, 0.15) is 44.9 Å². The maximum absolute atomic E-state index is 14.2. The molecule has 5 fully saturated rings. The molecule has 6 rings (SSSR count). The van der Waals surface area contributed by atoms with E-state index >= 15 is 0 Å². The average molecular weight is 459 g/mol. The minimum Gasteiger partial charge on any atom is -0.354 e. The Labute approximate surface area is 193 Å². The summed E-state index contributed by atoms with van der Waals surface area (Å²) in [6.45, 7) is 0.0779. The molecule has 0 N–H and O–H groups in total. The monoisotopic (exact) mass is 458 g/mol. The smallest absolute Gasteiger partial charge is 0.257 e. The Hall–Kier alpha value is -2.32. The van der Waals surface area contributed by atoms with E-state index < -0.39 is 35.4 Å². The van der Waals surface area contributed by atoms with Gasteiger partial charge in [-0.05, 0) is 80.5 Å². The van der Waals surface area contributed by atoms with Crippen molar-refractivity contribution >= 4 is 23.4 Å². The first kappa shape index (κ1) is 22.5. The topological polar surface area (TPSA) is 76.2 Å². The summed E-state index contributed by atoms with van der Waals surface area (Å²) in [4.78, 5) is 43.2. The van der Waals surface area contributed by atoms with Gasteiger partial charge in [0.25, 0.3) is 5.91 Å². The number of imide groups is 1. The number of benzene rings is 1. The number of hydrogen-bond acceptors (Lipinski definition) is 5. The predicted molar refractivity (Wildman–Crippen MR) is 117 cm³/mol. The van der Waals surface area contributed by atoms with Gasteiger partial charge in [0.1, 0.15) is 11.9 Å². The number of amides is 3. The normalized spacial score (nSPS) is 32.8. The Balaban J connectivity index is 1.45. The molecule has 1 unspecified atom stereocenters. The molecule has 178 valence electrons. The van der Waals surface area contributed by atoms with Gasteiger partial charge in [-0.25, -0.2) is 9.29 Å². The van der Waals surface area contributed by atoms with Crippen LogP contribution in [0.5, 0.6) is 0 Å². The number of carbonyl (C=O) groups excluding carboxylic acids is 3. The fourth-order valence-electron chi connectivity index (χ4n) is 7.16. The summed E-state index contributed by atoms with van der Waals surface area (Å²) in [5, 5.41) is 0. The van der Waals surface area contributed by atoms with Crippen molar-refractivity contribution in [2.75, 3.05) is 25.7 Å². The molecule has 8 heteroatoms. The first-order chi connectivity index (χ1) is 15.8. The van der Waals surface area contributed by atoms with Gasteiger partial charge in [0.05, 0.1) is 24.1 Å². The molecule has 0 spiro atoms. The summed E-state index contributed by atoms with van der Waals surface area (Å²) in [5.41, 5.74) is -0.154. The van der Waals surface area contributed by atoms with Gasteiger partial charge in [-0.2, -0.15) is 0 Å². The standard InChI is InChI=1S/C25H31FN2O5/c1-32-22(33-2)14-27(24(31)25-11-15-7-16(12-25)9-17(8-15)13-25)20-10-21(29)28(23(20)30)19-5-3-18(26)4-6-19/h3-6,15-17,20,22H,7-14H2,1-2H3. The molecular weight excluding hydrogens is 427 g/mol.